The largest absolute Gasteiger partial charge is 0.323 e. The number of anilines is 2. The lowest BCUT2D eigenvalue weighted by Crippen LogP contribution is -2.50. The monoisotopic (exact) mass is 357 g/mol. The third-order valence-electron chi connectivity index (χ3n) is 4.28. The first-order valence-electron chi connectivity index (χ1n) is 8.17. The van der Waals surface area contributed by atoms with Gasteiger partial charge >= 0.3 is 0 Å². The van der Waals surface area contributed by atoms with Crippen molar-refractivity contribution in [2.24, 2.45) is 0 Å². The van der Waals surface area contributed by atoms with Gasteiger partial charge in [-0.15, -0.1) is 0 Å². The van der Waals surface area contributed by atoms with Crippen LogP contribution in [0.3, 0.4) is 0 Å². The van der Waals surface area contributed by atoms with Crippen LogP contribution in [0.15, 0.2) is 48.5 Å². The van der Waals surface area contributed by atoms with Crippen LogP contribution in [-0.4, -0.2) is 24.4 Å². The molecule has 0 fully saturated rings. The van der Waals surface area contributed by atoms with Crippen LogP contribution in [0, 0.1) is 0 Å². The molecule has 5 nitrogen and oxygen atoms in total. The van der Waals surface area contributed by atoms with Gasteiger partial charge in [0.2, 0.25) is 11.8 Å². The average molecular weight is 358 g/mol. The number of carbonyl (C=O) groups excluding carboxylic acids is 2. The van der Waals surface area contributed by atoms with E-state index in [0.29, 0.717) is 10.7 Å². The lowest BCUT2D eigenvalue weighted by atomic mass is 10.1. The number of nitrogens with zero attached hydrogens (tertiary/aromatic N) is 1. The molecule has 2 atom stereocenters. The van der Waals surface area contributed by atoms with Crippen LogP contribution in [-0.2, 0) is 9.59 Å². The molecular formula is C19H20ClN3O2. The molecule has 0 aromatic heterocycles. The van der Waals surface area contributed by atoms with E-state index in [9.17, 15) is 9.59 Å². The molecule has 0 aliphatic carbocycles. The van der Waals surface area contributed by atoms with Gasteiger partial charge in [0.25, 0.3) is 0 Å². The van der Waals surface area contributed by atoms with Crippen molar-refractivity contribution in [1.82, 2.24) is 5.32 Å². The minimum absolute atomic E-state index is 0.0231. The van der Waals surface area contributed by atoms with Crippen molar-refractivity contribution < 1.29 is 9.59 Å². The predicted molar refractivity (Wildman–Crippen MR) is 99.9 cm³/mol. The molecule has 2 aromatic carbocycles. The summed E-state index contributed by atoms with van der Waals surface area (Å²) in [5, 5.41) is 6.76. The predicted octanol–water partition coefficient (Wildman–Crippen LogP) is 3.36. The zero-order chi connectivity index (χ0) is 18.0. The fraction of sp³-hybridized carbons (Fsp3) is 0.263. The maximum atomic E-state index is 12.9. The number of benzene rings is 2. The Morgan fingerprint density at radius 3 is 2.56 bits per heavy atom. The van der Waals surface area contributed by atoms with Gasteiger partial charge in [-0.25, -0.2) is 0 Å². The van der Waals surface area contributed by atoms with E-state index in [-0.39, 0.29) is 24.4 Å². The van der Waals surface area contributed by atoms with E-state index in [1.165, 1.54) is 4.90 Å². The standard InChI is InChI=1S/C19H20ClN3O2/c1-12(14-7-9-15(20)10-8-14)21-13(2)19(25)23-11-18(24)22-16-5-3-4-6-17(16)23/h3-10,12-13,21H,11H2,1-2H3,(H,22,24)/t12-,13-/m1/s1. The third kappa shape index (κ3) is 3.83. The van der Waals surface area contributed by atoms with Gasteiger partial charge in [-0.05, 0) is 43.7 Å². The Hall–Kier alpha value is -2.37. The number of rotatable bonds is 4. The number of fused-ring (bicyclic) bond motifs is 1. The summed E-state index contributed by atoms with van der Waals surface area (Å²) < 4.78 is 0. The second-order valence-electron chi connectivity index (χ2n) is 6.15. The van der Waals surface area contributed by atoms with Gasteiger partial charge in [0.1, 0.15) is 6.54 Å². The lowest BCUT2D eigenvalue weighted by Gasteiger charge is -2.32. The van der Waals surface area contributed by atoms with Crippen LogP contribution in [0.25, 0.3) is 0 Å². The van der Waals surface area contributed by atoms with Crippen molar-refractivity contribution in [3.8, 4) is 0 Å². The molecule has 0 unspecified atom stereocenters. The molecule has 0 saturated carbocycles. The Morgan fingerprint density at radius 2 is 1.84 bits per heavy atom. The summed E-state index contributed by atoms with van der Waals surface area (Å²) in [7, 11) is 0. The maximum absolute atomic E-state index is 12.9. The molecule has 0 spiro atoms. The van der Waals surface area contributed by atoms with Gasteiger partial charge in [0.05, 0.1) is 17.4 Å². The van der Waals surface area contributed by atoms with Gasteiger partial charge in [-0.1, -0.05) is 35.9 Å². The first kappa shape index (κ1) is 17.5. The smallest absolute Gasteiger partial charge is 0.244 e. The molecule has 0 radical (unpaired) electrons. The highest BCUT2D eigenvalue weighted by Crippen LogP contribution is 2.29. The number of halogens is 1. The van der Waals surface area contributed by atoms with E-state index in [1.54, 1.807) is 6.07 Å². The van der Waals surface area contributed by atoms with E-state index in [0.717, 1.165) is 11.3 Å². The van der Waals surface area contributed by atoms with Crippen LogP contribution in [0.1, 0.15) is 25.5 Å². The van der Waals surface area contributed by atoms with Crippen LogP contribution in [0.4, 0.5) is 11.4 Å². The Morgan fingerprint density at radius 1 is 1.16 bits per heavy atom. The molecule has 1 heterocycles. The van der Waals surface area contributed by atoms with Crippen molar-refractivity contribution in [3.05, 3.63) is 59.1 Å². The number of para-hydroxylation sites is 2. The Kier molecular flexibility index (Phi) is 5.06. The minimum Gasteiger partial charge on any atom is -0.323 e. The number of hydrogen-bond donors (Lipinski definition) is 2. The van der Waals surface area contributed by atoms with E-state index < -0.39 is 6.04 Å². The molecule has 2 N–H and O–H groups in total. The number of hydrogen-bond acceptors (Lipinski definition) is 3. The first-order chi connectivity index (χ1) is 12.0. The van der Waals surface area contributed by atoms with Crippen LogP contribution >= 0.6 is 11.6 Å². The molecule has 1 aliphatic heterocycles. The minimum atomic E-state index is -0.440. The molecule has 3 rings (SSSR count). The average Bonchev–Trinajstić information content (AvgIpc) is 2.60. The molecule has 6 heteroatoms. The van der Waals surface area contributed by atoms with Gasteiger partial charge in [-0.2, -0.15) is 0 Å². The van der Waals surface area contributed by atoms with Gasteiger partial charge in [0.15, 0.2) is 0 Å². The Balaban J connectivity index is 1.74. The molecule has 2 amide bonds. The molecule has 130 valence electrons. The highest BCUT2D eigenvalue weighted by Gasteiger charge is 2.30. The van der Waals surface area contributed by atoms with Gasteiger partial charge in [-0.3, -0.25) is 19.8 Å². The summed E-state index contributed by atoms with van der Waals surface area (Å²) in [5.74, 6) is -0.326. The fourth-order valence-corrected chi connectivity index (χ4v) is 3.08. The third-order valence-corrected chi connectivity index (χ3v) is 4.53. The summed E-state index contributed by atoms with van der Waals surface area (Å²) in [6, 6.07) is 14.4. The zero-order valence-corrected chi connectivity index (χ0v) is 14.9. The SMILES string of the molecule is C[C@@H](N[C@H](C)c1ccc(Cl)cc1)C(=O)N1CC(=O)Nc2ccccc21. The van der Waals surface area contributed by atoms with Crippen molar-refractivity contribution in [1.29, 1.82) is 0 Å². The normalized spacial score (nSPS) is 16.0. The van der Waals surface area contributed by atoms with E-state index in [4.69, 9.17) is 11.6 Å². The van der Waals surface area contributed by atoms with E-state index >= 15 is 0 Å². The van der Waals surface area contributed by atoms with Crippen molar-refractivity contribution in [2.45, 2.75) is 25.9 Å². The van der Waals surface area contributed by atoms with Crippen LogP contribution in [0.2, 0.25) is 5.02 Å². The van der Waals surface area contributed by atoms with Crippen LogP contribution < -0.4 is 15.5 Å². The summed E-state index contributed by atoms with van der Waals surface area (Å²) in [6.07, 6.45) is 0. The van der Waals surface area contributed by atoms with Crippen molar-refractivity contribution in [2.75, 3.05) is 16.8 Å². The second-order valence-corrected chi connectivity index (χ2v) is 6.59. The quantitative estimate of drug-likeness (QED) is 0.882. The van der Waals surface area contributed by atoms with Gasteiger partial charge < -0.3 is 5.32 Å². The molecule has 2 aromatic rings. The Bertz CT molecular complexity index is 792. The molecule has 1 aliphatic rings. The van der Waals surface area contributed by atoms with E-state index in [2.05, 4.69) is 10.6 Å². The molecule has 0 bridgehead atoms. The number of amides is 2. The van der Waals surface area contributed by atoms with E-state index in [1.807, 2.05) is 56.3 Å². The van der Waals surface area contributed by atoms with Crippen LogP contribution in [0.5, 0.6) is 0 Å². The topological polar surface area (TPSA) is 61.4 Å². The van der Waals surface area contributed by atoms with Gasteiger partial charge in [0, 0.05) is 11.1 Å². The summed E-state index contributed by atoms with van der Waals surface area (Å²) in [4.78, 5) is 26.3. The molecular weight excluding hydrogens is 338 g/mol. The van der Waals surface area contributed by atoms with Crippen molar-refractivity contribution in [3.63, 3.8) is 0 Å². The summed E-state index contributed by atoms with van der Waals surface area (Å²) >= 11 is 5.92. The first-order valence-corrected chi connectivity index (χ1v) is 8.55. The highest BCUT2D eigenvalue weighted by molar-refractivity contribution is 6.30. The number of nitrogens with one attached hydrogen (secondary N) is 2. The fourth-order valence-electron chi connectivity index (χ4n) is 2.96. The lowest BCUT2D eigenvalue weighted by molar-refractivity contribution is -0.123. The van der Waals surface area contributed by atoms with Crippen molar-refractivity contribution >= 4 is 34.8 Å². The number of carbonyl (C=O) groups is 2. The summed E-state index contributed by atoms with van der Waals surface area (Å²) in [6.45, 7) is 3.82. The second kappa shape index (κ2) is 7.25. The Labute approximate surface area is 152 Å². The highest BCUT2D eigenvalue weighted by atomic mass is 35.5. The molecule has 0 saturated heterocycles. The molecule has 25 heavy (non-hydrogen) atoms. The summed E-state index contributed by atoms with van der Waals surface area (Å²) in [5.41, 5.74) is 2.42. The maximum Gasteiger partial charge on any atom is 0.244 e. The zero-order valence-electron chi connectivity index (χ0n) is 14.1.